The van der Waals surface area contributed by atoms with E-state index in [1.54, 1.807) is 0 Å². The zero-order valence-electron chi connectivity index (χ0n) is 13.9. The quantitative estimate of drug-likeness (QED) is 0.903. The molecule has 2 unspecified atom stereocenters. The highest BCUT2D eigenvalue weighted by Crippen LogP contribution is 2.25. The standard InChI is InChI=1S/C18H30N2O/c1-13(2)21-18-8-16(5-6-17(18)9-19)12-20-10-14(3)7-15(4)11-20/h5-6,8,13-15H,7,9-12,19H2,1-4H3. The van der Waals surface area contributed by atoms with E-state index in [1.165, 1.54) is 25.1 Å². The van der Waals surface area contributed by atoms with E-state index in [0.717, 1.165) is 29.7 Å². The summed E-state index contributed by atoms with van der Waals surface area (Å²) in [5.41, 5.74) is 8.22. The first-order valence-corrected chi connectivity index (χ1v) is 8.18. The highest BCUT2D eigenvalue weighted by Gasteiger charge is 2.21. The van der Waals surface area contributed by atoms with Crippen molar-refractivity contribution in [2.45, 2.75) is 53.3 Å². The highest BCUT2D eigenvalue weighted by molar-refractivity contribution is 5.37. The Balaban J connectivity index is 2.09. The van der Waals surface area contributed by atoms with Crippen LogP contribution in [0.1, 0.15) is 45.2 Å². The molecule has 0 saturated carbocycles. The second-order valence-electron chi connectivity index (χ2n) is 6.95. The van der Waals surface area contributed by atoms with Crippen LogP contribution in [-0.4, -0.2) is 24.1 Å². The summed E-state index contributed by atoms with van der Waals surface area (Å²) in [4.78, 5) is 2.56. The second kappa shape index (κ2) is 7.28. The van der Waals surface area contributed by atoms with Crippen molar-refractivity contribution in [1.29, 1.82) is 0 Å². The van der Waals surface area contributed by atoms with Crippen molar-refractivity contribution in [3.63, 3.8) is 0 Å². The zero-order valence-corrected chi connectivity index (χ0v) is 13.9. The van der Waals surface area contributed by atoms with Gasteiger partial charge in [-0.2, -0.15) is 0 Å². The maximum absolute atomic E-state index is 5.91. The third kappa shape index (κ3) is 4.72. The number of benzene rings is 1. The first-order valence-electron chi connectivity index (χ1n) is 8.18. The molecule has 2 rings (SSSR count). The minimum absolute atomic E-state index is 0.181. The van der Waals surface area contributed by atoms with Crippen molar-refractivity contribution in [3.8, 4) is 5.75 Å². The molecule has 1 aromatic carbocycles. The van der Waals surface area contributed by atoms with Crippen LogP contribution in [0.4, 0.5) is 0 Å². The maximum atomic E-state index is 5.91. The number of likely N-dealkylation sites (tertiary alicyclic amines) is 1. The fraction of sp³-hybridized carbons (Fsp3) is 0.667. The van der Waals surface area contributed by atoms with E-state index >= 15 is 0 Å². The molecule has 21 heavy (non-hydrogen) atoms. The molecule has 3 heteroatoms. The lowest BCUT2D eigenvalue weighted by atomic mass is 9.91. The van der Waals surface area contributed by atoms with Gasteiger partial charge in [0.05, 0.1) is 6.10 Å². The Bertz CT molecular complexity index is 449. The van der Waals surface area contributed by atoms with Crippen molar-refractivity contribution in [2.75, 3.05) is 13.1 Å². The zero-order chi connectivity index (χ0) is 15.4. The fourth-order valence-corrected chi connectivity index (χ4v) is 3.41. The minimum Gasteiger partial charge on any atom is -0.491 e. The summed E-state index contributed by atoms with van der Waals surface area (Å²) in [7, 11) is 0. The van der Waals surface area contributed by atoms with E-state index in [2.05, 4.69) is 50.8 Å². The van der Waals surface area contributed by atoms with Gasteiger partial charge in [0, 0.05) is 31.7 Å². The smallest absolute Gasteiger partial charge is 0.124 e. The first-order chi connectivity index (χ1) is 9.97. The average Bonchev–Trinajstić information content (AvgIpc) is 2.37. The summed E-state index contributed by atoms with van der Waals surface area (Å²) in [6, 6.07) is 6.48. The van der Waals surface area contributed by atoms with E-state index in [-0.39, 0.29) is 6.10 Å². The Morgan fingerprint density at radius 1 is 1.24 bits per heavy atom. The van der Waals surface area contributed by atoms with Crippen molar-refractivity contribution in [3.05, 3.63) is 29.3 Å². The molecular weight excluding hydrogens is 260 g/mol. The molecule has 1 fully saturated rings. The van der Waals surface area contributed by atoms with Gasteiger partial charge in [-0.25, -0.2) is 0 Å². The van der Waals surface area contributed by atoms with Gasteiger partial charge in [0.25, 0.3) is 0 Å². The summed E-state index contributed by atoms with van der Waals surface area (Å²) in [6.07, 6.45) is 1.53. The van der Waals surface area contributed by atoms with Crippen molar-refractivity contribution < 1.29 is 4.74 Å². The lowest BCUT2D eigenvalue weighted by Crippen LogP contribution is -2.38. The molecule has 0 spiro atoms. The first kappa shape index (κ1) is 16.3. The van der Waals surface area contributed by atoms with Crippen LogP contribution < -0.4 is 10.5 Å². The summed E-state index contributed by atoms with van der Waals surface area (Å²) in [5, 5.41) is 0. The van der Waals surface area contributed by atoms with E-state index in [1.807, 2.05) is 0 Å². The Morgan fingerprint density at radius 3 is 2.48 bits per heavy atom. The lowest BCUT2D eigenvalue weighted by molar-refractivity contribution is 0.134. The second-order valence-corrected chi connectivity index (χ2v) is 6.95. The molecule has 2 atom stereocenters. The average molecular weight is 290 g/mol. The summed E-state index contributed by atoms with van der Waals surface area (Å²) in [5.74, 6) is 2.54. The molecule has 1 aromatic rings. The number of ether oxygens (including phenoxy) is 1. The monoisotopic (exact) mass is 290 g/mol. The predicted octanol–water partition coefficient (Wildman–Crippen LogP) is 3.41. The SMILES string of the molecule is CC1CC(C)CN(Cc2ccc(CN)c(OC(C)C)c2)C1. The lowest BCUT2D eigenvalue weighted by Gasteiger charge is -2.35. The molecule has 1 saturated heterocycles. The highest BCUT2D eigenvalue weighted by atomic mass is 16.5. The number of hydrogen-bond donors (Lipinski definition) is 1. The van der Waals surface area contributed by atoms with Crippen molar-refractivity contribution in [2.24, 2.45) is 17.6 Å². The van der Waals surface area contributed by atoms with Crippen LogP contribution in [0.25, 0.3) is 0 Å². The van der Waals surface area contributed by atoms with Gasteiger partial charge in [0.15, 0.2) is 0 Å². The van der Waals surface area contributed by atoms with E-state index in [9.17, 15) is 0 Å². The molecule has 0 aliphatic carbocycles. The normalized spacial score (nSPS) is 23.5. The minimum atomic E-state index is 0.181. The van der Waals surface area contributed by atoms with Crippen LogP contribution in [0.3, 0.4) is 0 Å². The molecule has 0 aromatic heterocycles. The van der Waals surface area contributed by atoms with Gasteiger partial charge in [0.2, 0.25) is 0 Å². The van der Waals surface area contributed by atoms with Gasteiger partial charge in [-0.05, 0) is 43.7 Å². The molecule has 0 amide bonds. The molecule has 118 valence electrons. The van der Waals surface area contributed by atoms with Gasteiger partial charge >= 0.3 is 0 Å². The van der Waals surface area contributed by atoms with Gasteiger partial charge in [-0.3, -0.25) is 4.90 Å². The number of nitrogens with zero attached hydrogens (tertiary/aromatic N) is 1. The Labute approximate surface area is 129 Å². The molecule has 1 aliphatic heterocycles. The van der Waals surface area contributed by atoms with Crippen LogP contribution in [0.15, 0.2) is 18.2 Å². The Morgan fingerprint density at radius 2 is 1.90 bits per heavy atom. The Kier molecular flexibility index (Phi) is 5.65. The number of piperidine rings is 1. The van der Waals surface area contributed by atoms with Crippen LogP contribution >= 0.6 is 0 Å². The van der Waals surface area contributed by atoms with Gasteiger partial charge in [-0.15, -0.1) is 0 Å². The predicted molar refractivity (Wildman–Crippen MR) is 88.3 cm³/mol. The largest absolute Gasteiger partial charge is 0.491 e. The molecule has 0 radical (unpaired) electrons. The number of hydrogen-bond acceptors (Lipinski definition) is 3. The molecule has 1 heterocycles. The van der Waals surface area contributed by atoms with Crippen LogP contribution in [0.2, 0.25) is 0 Å². The van der Waals surface area contributed by atoms with E-state index < -0.39 is 0 Å². The van der Waals surface area contributed by atoms with Gasteiger partial charge in [-0.1, -0.05) is 26.0 Å². The molecular formula is C18H30N2O. The molecule has 3 nitrogen and oxygen atoms in total. The van der Waals surface area contributed by atoms with Crippen molar-refractivity contribution >= 4 is 0 Å². The maximum Gasteiger partial charge on any atom is 0.124 e. The number of nitrogens with two attached hydrogens (primary N) is 1. The Hall–Kier alpha value is -1.06. The van der Waals surface area contributed by atoms with Crippen LogP contribution in [-0.2, 0) is 13.1 Å². The van der Waals surface area contributed by atoms with Crippen molar-refractivity contribution in [1.82, 2.24) is 4.90 Å². The summed E-state index contributed by atoms with van der Waals surface area (Å²) < 4.78 is 5.91. The topological polar surface area (TPSA) is 38.5 Å². The third-order valence-corrected chi connectivity index (χ3v) is 4.06. The van der Waals surface area contributed by atoms with Crippen LogP contribution in [0.5, 0.6) is 5.75 Å². The van der Waals surface area contributed by atoms with Crippen LogP contribution in [0, 0.1) is 11.8 Å². The van der Waals surface area contributed by atoms with Gasteiger partial charge in [0.1, 0.15) is 5.75 Å². The fourth-order valence-electron chi connectivity index (χ4n) is 3.41. The molecule has 1 aliphatic rings. The molecule has 0 bridgehead atoms. The van der Waals surface area contributed by atoms with Gasteiger partial charge < -0.3 is 10.5 Å². The van der Waals surface area contributed by atoms with E-state index in [4.69, 9.17) is 10.5 Å². The summed E-state index contributed by atoms with van der Waals surface area (Å²) in [6.45, 7) is 12.8. The third-order valence-electron chi connectivity index (χ3n) is 4.06. The molecule has 2 N–H and O–H groups in total. The summed E-state index contributed by atoms with van der Waals surface area (Å²) >= 11 is 0. The number of rotatable bonds is 5. The van der Waals surface area contributed by atoms with E-state index in [0.29, 0.717) is 6.54 Å².